The molecule has 3 heterocycles. The third-order valence-corrected chi connectivity index (χ3v) is 4.44. The predicted octanol–water partition coefficient (Wildman–Crippen LogP) is 3.84. The lowest BCUT2D eigenvalue weighted by molar-refractivity contribution is 0.908. The number of benzene rings is 1. The van der Waals surface area contributed by atoms with Crippen LogP contribution in [-0.2, 0) is 0 Å². The van der Waals surface area contributed by atoms with E-state index in [-0.39, 0.29) is 0 Å². The molecule has 0 aliphatic heterocycles. The Bertz CT molecular complexity index is 1050. The molecular weight excluding hydrogens is 318 g/mol. The molecule has 0 aliphatic rings. The molecule has 0 fully saturated rings. The predicted molar refractivity (Wildman–Crippen MR) is 91.9 cm³/mol. The van der Waals surface area contributed by atoms with Gasteiger partial charge in [0, 0.05) is 23.5 Å². The fourth-order valence-corrected chi connectivity index (χ4v) is 3.31. The van der Waals surface area contributed by atoms with E-state index < -0.39 is 0 Å². The van der Waals surface area contributed by atoms with Gasteiger partial charge in [-0.1, -0.05) is 17.8 Å². The Balaban J connectivity index is 1.92. The second-order valence-corrected chi connectivity index (χ2v) is 6.06. The minimum atomic E-state index is 0.602. The molecular formula is C18H11N5S. The Morgan fingerprint density at radius 2 is 1.88 bits per heavy atom. The number of fused-ring (bicyclic) bond motifs is 1. The van der Waals surface area contributed by atoms with Crippen LogP contribution in [0.15, 0.2) is 77.2 Å². The summed E-state index contributed by atoms with van der Waals surface area (Å²) < 4.78 is 1.97. The van der Waals surface area contributed by atoms with Crippen molar-refractivity contribution < 1.29 is 0 Å². The monoisotopic (exact) mass is 329 g/mol. The van der Waals surface area contributed by atoms with Crippen molar-refractivity contribution in [3.63, 3.8) is 0 Å². The van der Waals surface area contributed by atoms with Crippen LogP contribution < -0.4 is 0 Å². The van der Waals surface area contributed by atoms with Gasteiger partial charge >= 0.3 is 0 Å². The van der Waals surface area contributed by atoms with E-state index in [2.05, 4.69) is 16.0 Å². The Morgan fingerprint density at radius 3 is 2.71 bits per heavy atom. The molecule has 4 aromatic rings. The van der Waals surface area contributed by atoms with Crippen LogP contribution in [-0.4, -0.2) is 19.5 Å². The summed E-state index contributed by atoms with van der Waals surface area (Å²) in [5.41, 5.74) is 3.05. The SMILES string of the molecule is N#Cc1cccc(-n2c(Sc3ccncc3)nc3cccnc32)c1. The van der Waals surface area contributed by atoms with E-state index in [1.54, 1.807) is 24.7 Å². The Morgan fingerprint density at radius 1 is 1.00 bits per heavy atom. The summed E-state index contributed by atoms with van der Waals surface area (Å²) in [6.45, 7) is 0. The van der Waals surface area contributed by atoms with E-state index in [0.29, 0.717) is 5.56 Å². The molecule has 6 heteroatoms. The zero-order chi connectivity index (χ0) is 16.4. The van der Waals surface area contributed by atoms with Gasteiger partial charge < -0.3 is 0 Å². The lowest BCUT2D eigenvalue weighted by Gasteiger charge is -2.08. The van der Waals surface area contributed by atoms with Crippen LogP contribution in [0.1, 0.15) is 5.56 Å². The molecule has 5 nitrogen and oxygen atoms in total. The van der Waals surface area contributed by atoms with Crippen molar-refractivity contribution in [2.24, 2.45) is 0 Å². The van der Waals surface area contributed by atoms with Crippen molar-refractivity contribution >= 4 is 22.9 Å². The fraction of sp³-hybridized carbons (Fsp3) is 0. The molecule has 0 radical (unpaired) electrons. The van der Waals surface area contributed by atoms with E-state index in [1.807, 2.05) is 47.0 Å². The lowest BCUT2D eigenvalue weighted by atomic mass is 10.2. The van der Waals surface area contributed by atoms with Gasteiger partial charge in [-0.2, -0.15) is 5.26 Å². The number of hydrogen-bond acceptors (Lipinski definition) is 5. The van der Waals surface area contributed by atoms with Gasteiger partial charge in [0.25, 0.3) is 0 Å². The summed E-state index contributed by atoms with van der Waals surface area (Å²) in [7, 11) is 0. The second kappa shape index (κ2) is 6.14. The first-order valence-corrected chi connectivity index (χ1v) is 8.09. The fourth-order valence-electron chi connectivity index (χ4n) is 2.42. The highest BCUT2D eigenvalue weighted by Crippen LogP contribution is 2.31. The number of hydrogen-bond donors (Lipinski definition) is 0. The first-order chi connectivity index (χ1) is 11.8. The molecule has 0 atom stereocenters. The maximum absolute atomic E-state index is 9.17. The second-order valence-electron chi connectivity index (χ2n) is 5.02. The molecule has 0 N–H and O–H groups in total. The lowest BCUT2D eigenvalue weighted by Crippen LogP contribution is -1.98. The van der Waals surface area contributed by atoms with Gasteiger partial charge in [-0.3, -0.25) is 9.55 Å². The van der Waals surface area contributed by atoms with Gasteiger partial charge in [0.05, 0.1) is 17.3 Å². The molecule has 4 rings (SSSR count). The van der Waals surface area contributed by atoms with Gasteiger partial charge in [0.2, 0.25) is 0 Å². The molecule has 0 unspecified atom stereocenters. The molecule has 0 aliphatic carbocycles. The highest BCUT2D eigenvalue weighted by atomic mass is 32.2. The molecule has 0 bridgehead atoms. The standard InChI is InChI=1S/C18H11N5S/c19-12-13-3-1-4-14(11-13)23-17-16(5-2-8-21-17)22-18(23)24-15-6-9-20-10-7-15/h1-11H. The minimum absolute atomic E-state index is 0.602. The molecule has 3 aromatic heterocycles. The van der Waals surface area contributed by atoms with Crippen LogP contribution >= 0.6 is 11.8 Å². The van der Waals surface area contributed by atoms with Gasteiger partial charge in [0.15, 0.2) is 10.8 Å². The van der Waals surface area contributed by atoms with Crippen LogP contribution in [0.25, 0.3) is 16.9 Å². The van der Waals surface area contributed by atoms with Crippen molar-refractivity contribution in [2.45, 2.75) is 10.1 Å². The smallest absolute Gasteiger partial charge is 0.179 e. The van der Waals surface area contributed by atoms with Crippen LogP contribution in [0.4, 0.5) is 0 Å². The summed E-state index contributed by atoms with van der Waals surface area (Å²) >= 11 is 1.54. The average Bonchev–Trinajstić information content (AvgIpc) is 3.00. The van der Waals surface area contributed by atoms with Crippen molar-refractivity contribution in [3.05, 3.63) is 72.7 Å². The van der Waals surface area contributed by atoms with Crippen LogP contribution in [0.2, 0.25) is 0 Å². The van der Waals surface area contributed by atoms with Crippen LogP contribution in [0.3, 0.4) is 0 Å². The maximum Gasteiger partial charge on any atom is 0.179 e. The zero-order valence-electron chi connectivity index (χ0n) is 12.5. The normalized spacial score (nSPS) is 10.6. The van der Waals surface area contributed by atoms with E-state index in [9.17, 15) is 5.26 Å². The quantitative estimate of drug-likeness (QED) is 0.571. The highest BCUT2D eigenvalue weighted by Gasteiger charge is 2.15. The van der Waals surface area contributed by atoms with Gasteiger partial charge in [-0.25, -0.2) is 9.97 Å². The summed E-state index contributed by atoms with van der Waals surface area (Å²) in [6, 6.07) is 17.3. The van der Waals surface area contributed by atoms with Crippen molar-refractivity contribution in [2.75, 3.05) is 0 Å². The number of nitrogens with zero attached hydrogens (tertiary/aromatic N) is 5. The summed E-state index contributed by atoms with van der Waals surface area (Å²) in [5, 5.41) is 9.97. The zero-order valence-corrected chi connectivity index (χ0v) is 13.3. The summed E-state index contributed by atoms with van der Waals surface area (Å²) in [4.78, 5) is 14.3. The van der Waals surface area contributed by atoms with Gasteiger partial charge in [-0.05, 0) is 42.5 Å². The molecule has 0 spiro atoms. The van der Waals surface area contributed by atoms with Crippen molar-refractivity contribution in [1.82, 2.24) is 19.5 Å². The molecule has 24 heavy (non-hydrogen) atoms. The number of imidazole rings is 1. The van der Waals surface area contributed by atoms with E-state index in [1.165, 1.54) is 11.8 Å². The third kappa shape index (κ3) is 2.62. The Labute approximate surface area is 142 Å². The summed E-state index contributed by atoms with van der Waals surface area (Å²) in [5.74, 6) is 0. The number of rotatable bonds is 3. The molecule has 1 aromatic carbocycles. The van der Waals surface area contributed by atoms with E-state index in [4.69, 9.17) is 4.98 Å². The maximum atomic E-state index is 9.17. The number of pyridine rings is 2. The minimum Gasteiger partial charge on any atom is -0.271 e. The molecule has 0 saturated heterocycles. The highest BCUT2D eigenvalue weighted by molar-refractivity contribution is 7.99. The molecule has 0 saturated carbocycles. The van der Waals surface area contributed by atoms with Gasteiger partial charge in [0.1, 0.15) is 5.52 Å². The van der Waals surface area contributed by atoms with Crippen LogP contribution in [0.5, 0.6) is 0 Å². The number of nitriles is 1. The average molecular weight is 329 g/mol. The van der Waals surface area contributed by atoms with Crippen molar-refractivity contribution in [1.29, 1.82) is 5.26 Å². The Hall–Kier alpha value is -3.17. The third-order valence-electron chi connectivity index (χ3n) is 3.48. The largest absolute Gasteiger partial charge is 0.271 e. The Kier molecular flexibility index (Phi) is 3.69. The number of aromatic nitrogens is 4. The first-order valence-electron chi connectivity index (χ1n) is 7.27. The van der Waals surface area contributed by atoms with Crippen molar-refractivity contribution in [3.8, 4) is 11.8 Å². The topological polar surface area (TPSA) is 67.4 Å². The van der Waals surface area contributed by atoms with Gasteiger partial charge in [-0.15, -0.1) is 0 Å². The van der Waals surface area contributed by atoms with E-state index >= 15 is 0 Å². The molecule has 0 amide bonds. The summed E-state index contributed by atoms with van der Waals surface area (Å²) in [6.07, 6.45) is 5.25. The van der Waals surface area contributed by atoms with E-state index in [0.717, 1.165) is 26.9 Å². The first kappa shape index (κ1) is 14.4. The van der Waals surface area contributed by atoms with Crippen LogP contribution in [0, 0.1) is 11.3 Å². The molecule has 114 valence electrons.